The van der Waals surface area contributed by atoms with E-state index in [-0.39, 0.29) is 17.8 Å². The number of aromatic nitrogens is 1. The third-order valence-corrected chi connectivity index (χ3v) is 4.45. The smallest absolute Gasteiger partial charge is 0.223 e. The van der Waals surface area contributed by atoms with E-state index in [0.717, 1.165) is 32.5 Å². The largest absolute Gasteiger partial charge is 0.503 e. The number of aliphatic hydroxyl groups is 1. The number of hydrogen-bond acceptors (Lipinski definition) is 4. The predicted octanol–water partition coefficient (Wildman–Crippen LogP) is 2.22. The van der Waals surface area contributed by atoms with Crippen molar-refractivity contribution in [2.75, 3.05) is 13.1 Å². The summed E-state index contributed by atoms with van der Waals surface area (Å²) in [6.45, 7) is 5.25. The van der Waals surface area contributed by atoms with E-state index in [4.69, 9.17) is 0 Å². The third kappa shape index (κ3) is 4.11. The van der Waals surface area contributed by atoms with Crippen LogP contribution in [-0.2, 0) is 19.7 Å². The summed E-state index contributed by atoms with van der Waals surface area (Å²) in [6, 6.07) is 1.36. The van der Waals surface area contributed by atoms with Crippen LogP contribution in [0.4, 0.5) is 0 Å². The van der Waals surface area contributed by atoms with Gasteiger partial charge in [-0.3, -0.25) is 9.69 Å². The van der Waals surface area contributed by atoms with Gasteiger partial charge in [0.15, 0.2) is 5.75 Å². The lowest BCUT2D eigenvalue weighted by Crippen LogP contribution is -2.28. The molecular formula is C17H28N2O3. The minimum Gasteiger partial charge on any atom is -0.503 e. The molecule has 124 valence electrons. The topological polar surface area (TPSA) is 65.7 Å². The third-order valence-electron chi connectivity index (χ3n) is 4.45. The summed E-state index contributed by atoms with van der Waals surface area (Å²) in [5.41, 5.74) is 0.870. The molecule has 2 rings (SSSR count). The zero-order valence-electron chi connectivity index (χ0n) is 13.6. The molecule has 1 aromatic rings. The fraction of sp³-hybridized carbons (Fsp3) is 0.706. The van der Waals surface area contributed by atoms with Gasteiger partial charge < -0.3 is 14.8 Å². The lowest BCUT2D eigenvalue weighted by atomic mass is 10.2. The number of nitrogens with zero attached hydrogens (tertiary/aromatic N) is 2. The molecule has 2 N–H and O–H groups in total. The molecule has 2 heterocycles. The first-order valence-electron chi connectivity index (χ1n) is 8.45. The highest BCUT2D eigenvalue weighted by Gasteiger charge is 2.18. The molecule has 1 saturated heterocycles. The Hall–Kier alpha value is -1.33. The van der Waals surface area contributed by atoms with E-state index in [0.29, 0.717) is 17.9 Å². The zero-order chi connectivity index (χ0) is 15.9. The monoisotopic (exact) mass is 308 g/mol. The van der Waals surface area contributed by atoms with Crippen molar-refractivity contribution >= 4 is 0 Å². The van der Waals surface area contributed by atoms with Crippen molar-refractivity contribution in [3.8, 4) is 5.75 Å². The highest BCUT2D eigenvalue weighted by Crippen LogP contribution is 2.20. The van der Waals surface area contributed by atoms with Gasteiger partial charge in [-0.15, -0.1) is 0 Å². The van der Waals surface area contributed by atoms with Gasteiger partial charge in [-0.1, -0.05) is 26.2 Å². The second kappa shape index (κ2) is 8.34. The molecule has 0 bridgehead atoms. The van der Waals surface area contributed by atoms with Crippen molar-refractivity contribution < 1.29 is 10.2 Å². The maximum atomic E-state index is 12.0. The molecule has 5 nitrogen and oxygen atoms in total. The molecule has 1 fully saturated rings. The number of aromatic hydroxyl groups is 1. The first-order valence-corrected chi connectivity index (χ1v) is 8.45. The summed E-state index contributed by atoms with van der Waals surface area (Å²) in [6.07, 6.45) is 6.83. The Balaban J connectivity index is 2.33. The Morgan fingerprint density at radius 1 is 1.18 bits per heavy atom. The second-order valence-electron chi connectivity index (χ2n) is 6.15. The van der Waals surface area contributed by atoms with E-state index in [1.165, 1.54) is 31.7 Å². The van der Waals surface area contributed by atoms with E-state index in [1.807, 2.05) is 4.57 Å². The average molecular weight is 308 g/mol. The van der Waals surface area contributed by atoms with Gasteiger partial charge in [0.2, 0.25) is 5.43 Å². The Morgan fingerprint density at radius 2 is 1.86 bits per heavy atom. The maximum Gasteiger partial charge on any atom is 0.223 e. The molecule has 0 amide bonds. The molecule has 22 heavy (non-hydrogen) atoms. The van der Waals surface area contributed by atoms with Crippen LogP contribution in [0.1, 0.15) is 56.8 Å². The molecule has 0 spiro atoms. The number of rotatable bonds is 6. The fourth-order valence-corrected chi connectivity index (χ4v) is 3.13. The van der Waals surface area contributed by atoms with Crippen molar-refractivity contribution in [3.63, 3.8) is 0 Å². The summed E-state index contributed by atoms with van der Waals surface area (Å²) >= 11 is 0. The highest BCUT2D eigenvalue weighted by atomic mass is 16.3. The summed E-state index contributed by atoms with van der Waals surface area (Å²) in [5.74, 6) is -0.155. The van der Waals surface area contributed by atoms with Crippen molar-refractivity contribution in [2.24, 2.45) is 0 Å². The van der Waals surface area contributed by atoms with Crippen LogP contribution in [-0.4, -0.2) is 32.8 Å². The lowest BCUT2D eigenvalue weighted by molar-refractivity contribution is 0.248. The standard InChI is InChI=1S/C17H28N2O3/c1-2-3-10-19-14(13-20)11-16(21)17(22)15(19)12-18-8-6-4-5-7-9-18/h11,20,22H,2-10,12-13H2,1H3. The maximum absolute atomic E-state index is 12.0. The SMILES string of the molecule is CCCCn1c(CO)cc(=O)c(O)c1CN1CCCCCC1. The number of unbranched alkanes of at least 4 members (excludes halogenated alkanes) is 1. The average Bonchev–Trinajstić information content (AvgIpc) is 2.79. The number of aliphatic hydroxyl groups excluding tert-OH is 1. The van der Waals surface area contributed by atoms with Crippen LogP contribution in [0.25, 0.3) is 0 Å². The van der Waals surface area contributed by atoms with Crippen LogP contribution in [0.5, 0.6) is 5.75 Å². The highest BCUT2D eigenvalue weighted by molar-refractivity contribution is 5.30. The van der Waals surface area contributed by atoms with E-state index in [9.17, 15) is 15.0 Å². The number of hydrogen-bond donors (Lipinski definition) is 2. The molecule has 0 aliphatic carbocycles. The summed E-state index contributed by atoms with van der Waals surface area (Å²) in [5, 5.41) is 19.8. The van der Waals surface area contributed by atoms with E-state index in [1.54, 1.807) is 0 Å². The molecular weight excluding hydrogens is 280 g/mol. The van der Waals surface area contributed by atoms with Crippen molar-refractivity contribution in [1.82, 2.24) is 9.47 Å². The van der Waals surface area contributed by atoms with Crippen LogP contribution in [0.2, 0.25) is 0 Å². The second-order valence-corrected chi connectivity index (χ2v) is 6.15. The summed E-state index contributed by atoms with van der Waals surface area (Å²) < 4.78 is 1.94. The molecule has 0 saturated carbocycles. The summed E-state index contributed by atoms with van der Waals surface area (Å²) in [4.78, 5) is 14.3. The van der Waals surface area contributed by atoms with Gasteiger partial charge in [0.1, 0.15) is 0 Å². The Morgan fingerprint density at radius 3 is 2.45 bits per heavy atom. The Kier molecular flexibility index (Phi) is 6.46. The molecule has 1 aliphatic heterocycles. The fourth-order valence-electron chi connectivity index (χ4n) is 3.13. The molecule has 0 aromatic carbocycles. The Bertz CT molecular complexity index is 531. The summed E-state index contributed by atoms with van der Waals surface area (Å²) in [7, 11) is 0. The minimum atomic E-state index is -0.387. The van der Waals surface area contributed by atoms with Gasteiger partial charge in [0, 0.05) is 24.8 Å². The molecule has 0 radical (unpaired) electrons. The molecule has 1 aromatic heterocycles. The number of pyridine rings is 1. The van der Waals surface area contributed by atoms with Crippen molar-refractivity contribution in [1.29, 1.82) is 0 Å². The van der Waals surface area contributed by atoms with Gasteiger partial charge in [-0.05, 0) is 32.4 Å². The van der Waals surface area contributed by atoms with Gasteiger partial charge >= 0.3 is 0 Å². The normalized spacial score (nSPS) is 16.6. The minimum absolute atomic E-state index is 0.155. The van der Waals surface area contributed by atoms with Crippen LogP contribution in [0.3, 0.4) is 0 Å². The first-order chi connectivity index (χ1) is 10.7. The molecule has 0 atom stereocenters. The van der Waals surface area contributed by atoms with E-state index in [2.05, 4.69) is 11.8 Å². The van der Waals surface area contributed by atoms with Crippen LogP contribution < -0.4 is 5.43 Å². The van der Waals surface area contributed by atoms with Crippen LogP contribution in [0, 0.1) is 0 Å². The lowest BCUT2D eigenvalue weighted by Gasteiger charge is -2.25. The van der Waals surface area contributed by atoms with E-state index < -0.39 is 0 Å². The van der Waals surface area contributed by atoms with Gasteiger partial charge in [-0.25, -0.2) is 0 Å². The van der Waals surface area contributed by atoms with Crippen LogP contribution in [0.15, 0.2) is 10.9 Å². The molecule has 0 unspecified atom stereocenters. The zero-order valence-corrected chi connectivity index (χ0v) is 13.6. The van der Waals surface area contributed by atoms with Crippen molar-refractivity contribution in [3.05, 3.63) is 27.7 Å². The number of likely N-dealkylation sites (tertiary alicyclic amines) is 1. The predicted molar refractivity (Wildman–Crippen MR) is 86.9 cm³/mol. The first kappa shape index (κ1) is 17.0. The molecule has 5 heteroatoms. The van der Waals surface area contributed by atoms with Gasteiger partial charge in [0.05, 0.1) is 12.3 Å². The van der Waals surface area contributed by atoms with Crippen molar-refractivity contribution in [2.45, 2.75) is 65.1 Å². The quantitative estimate of drug-likeness (QED) is 0.846. The van der Waals surface area contributed by atoms with Crippen LogP contribution >= 0.6 is 0 Å². The van der Waals surface area contributed by atoms with Gasteiger partial charge in [0.25, 0.3) is 0 Å². The Labute approximate surface area is 132 Å². The molecule has 1 aliphatic rings. The van der Waals surface area contributed by atoms with E-state index >= 15 is 0 Å². The van der Waals surface area contributed by atoms with Gasteiger partial charge in [-0.2, -0.15) is 0 Å².